The number of aryl methyl sites for hydroxylation is 1. The van der Waals surface area contributed by atoms with Crippen LogP contribution >= 0.6 is 0 Å². The van der Waals surface area contributed by atoms with Crippen LogP contribution in [0.15, 0.2) is 18.2 Å². The molecule has 1 aromatic rings. The van der Waals surface area contributed by atoms with Gasteiger partial charge in [-0.15, -0.1) is 0 Å². The fourth-order valence-electron chi connectivity index (χ4n) is 2.50. The molecular formula is C15H20N2O4. The number of ether oxygens (including phenoxy) is 1. The van der Waals surface area contributed by atoms with E-state index in [0.717, 1.165) is 31.2 Å². The largest absolute Gasteiger partial charge is 0.474 e. The van der Waals surface area contributed by atoms with Gasteiger partial charge in [-0.25, -0.2) is 0 Å². The molecule has 0 saturated heterocycles. The van der Waals surface area contributed by atoms with Crippen molar-refractivity contribution >= 4 is 11.6 Å². The van der Waals surface area contributed by atoms with Crippen molar-refractivity contribution in [3.05, 3.63) is 33.9 Å². The number of nitrogens with one attached hydrogen (secondary N) is 1. The minimum Gasteiger partial charge on any atom is -0.474 e. The maximum Gasteiger partial charge on any atom is 0.311 e. The Morgan fingerprint density at radius 1 is 1.43 bits per heavy atom. The standard InChI is InChI=1S/C15H20N2O4/c1-10-7-8-14(13(9-10)17(19)20)21-11(2)15(18)16-12-5-3-4-6-12/h7-9,11-12H,3-6H2,1-2H3,(H,16,18)/t11-/m1/s1. The van der Waals surface area contributed by atoms with Crippen molar-refractivity contribution in [1.82, 2.24) is 5.32 Å². The van der Waals surface area contributed by atoms with Crippen molar-refractivity contribution in [3.63, 3.8) is 0 Å². The molecule has 1 aromatic carbocycles. The number of nitro groups is 1. The van der Waals surface area contributed by atoms with Crippen LogP contribution in [0.5, 0.6) is 5.75 Å². The van der Waals surface area contributed by atoms with Gasteiger partial charge in [-0.3, -0.25) is 14.9 Å². The van der Waals surface area contributed by atoms with E-state index in [2.05, 4.69) is 5.32 Å². The number of nitro benzene ring substituents is 1. The van der Waals surface area contributed by atoms with Crippen molar-refractivity contribution in [2.45, 2.75) is 51.7 Å². The molecule has 1 aliphatic carbocycles. The van der Waals surface area contributed by atoms with Gasteiger partial charge in [0.2, 0.25) is 0 Å². The smallest absolute Gasteiger partial charge is 0.311 e. The van der Waals surface area contributed by atoms with E-state index in [1.54, 1.807) is 19.9 Å². The van der Waals surface area contributed by atoms with Gasteiger partial charge in [0.25, 0.3) is 5.91 Å². The van der Waals surface area contributed by atoms with Crippen LogP contribution in [0.1, 0.15) is 38.2 Å². The molecule has 1 saturated carbocycles. The van der Waals surface area contributed by atoms with E-state index in [9.17, 15) is 14.9 Å². The van der Waals surface area contributed by atoms with Crippen LogP contribution in [-0.2, 0) is 4.79 Å². The van der Waals surface area contributed by atoms with E-state index in [-0.39, 0.29) is 23.4 Å². The molecule has 0 unspecified atom stereocenters. The molecule has 6 nitrogen and oxygen atoms in total. The van der Waals surface area contributed by atoms with Gasteiger partial charge >= 0.3 is 5.69 Å². The Balaban J connectivity index is 2.03. The molecule has 1 aliphatic rings. The third-order valence-corrected chi connectivity index (χ3v) is 3.69. The Morgan fingerprint density at radius 2 is 2.10 bits per heavy atom. The molecule has 0 aromatic heterocycles. The first kappa shape index (κ1) is 15.3. The topological polar surface area (TPSA) is 81.5 Å². The van der Waals surface area contributed by atoms with Crippen molar-refractivity contribution in [1.29, 1.82) is 0 Å². The first-order valence-electron chi connectivity index (χ1n) is 7.19. The van der Waals surface area contributed by atoms with Crippen LogP contribution in [0.2, 0.25) is 0 Å². The highest BCUT2D eigenvalue weighted by molar-refractivity contribution is 5.81. The fourth-order valence-corrected chi connectivity index (χ4v) is 2.50. The minimum absolute atomic E-state index is 0.115. The molecule has 1 atom stereocenters. The van der Waals surface area contributed by atoms with Gasteiger partial charge in [0.05, 0.1) is 4.92 Å². The minimum atomic E-state index is -0.757. The lowest BCUT2D eigenvalue weighted by atomic mass is 10.2. The molecule has 21 heavy (non-hydrogen) atoms. The maximum absolute atomic E-state index is 12.0. The lowest BCUT2D eigenvalue weighted by Gasteiger charge is -2.18. The lowest BCUT2D eigenvalue weighted by molar-refractivity contribution is -0.386. The SMILES string of the molecule is Cc1ccc(O[C@H](C)C(=O)NC2CCCC2)c([N+](=O)[O-])c1. The molecule has 1 fully saturated rings. The number of carbonyl (C=O) groups is 1. The van der Waals surface area contributed by atoms with E-state index >= 15 is 0 Å². The van der Waals surface area contributed by atoms with Gasteiger partial charge in [-0.1, -0.05) is 18.9 Å². The highest BCUT2D eigenvalue weighted by Crippen LogP contribution is 2.28. The molecule has 0 heterocycles. The predicted molar refractivity (Wildman–Crippen MR) is 78.3 cm³/mol. The Bertz CT molecular complexity index is 538. The normalized spacial score (nSPS) is 16.5. The molecule has 1 N–H and O–H groups in total. The number of hydrogen-bond donors (Lipinski definition) is 1. The number of benzene rings is 1. The van der Waals surface area contributed by atoms with Crippen molar-refractivity contribution in [2.75, 3.05) is 0 Å². The van der Waals surface area contributed by atoms with Gasteiger partial charge in [-0.05, 0) is 38.3 Å². The fraction of sp³-hybridized carbons (Fsp3) is 0.533. The molecule has 0 spiro atoms. The Kier molecular flexibility index (Phi) is 4.77. The second-order valence-corrected chi connectivity index (χ2v) is 5.48. The van der Waals surface area contributed by atoms with Crippen molar-refractivity contribution in [2.24, 2.45) is 0 Å². The van der Waals surface area contributed by atoms with Crippen LogP contribution in [0.25, 0.3) is 0 Å². The first-order valence-corrected chi connectivity index (χ1v) is 7.19. The molecule has 0 aliphatic heterocycles. The summed E-state index contributed by atoms with van der Waals surface area (Å²) in [4.78, 5) is 22.6. The Labute approximate surface area is 123 Å². The number of rotatable bonds is 5. The second kappa shape index (κ2) is 6.56. The third kappa shape index (κ3) is 3.93. The summed E-state index contributed by atoms with van der Waals surface area (Å²) in [7, 11) is 0. The summed E-state index contributed by atoms with van der Waals surface area (Å²) >= 11 is 0. The molecule has 1 amide bonds. The summed E-state index contributed by atoms with van der Waals surface area (Å²) in [5, 5.41) is 14.0. The Hall–Kier alpha value is -2.11. The summed E-state index contributed by atoms with van der Waals surface area (Å²) in [5.74, 6) is -0.101. The summed E-state index contributed by atoms with van der Waals surface area (Å²) in [6.07, 6.45) is 3.48. The average Bonchev–Trinajstić information content (AvgIpc) is 2.93. The molecule has 6 heteroatoms. The zero-order chi connectivity index (χ0) is 15.4. The van der Waals surface area contributed by atoms with E-state index < -0.39 is 11.0 Å². The number of hydrogen-bond acceptors (Lipinski definition) is 4. The van der Waals surface area contributed by atoms with Gasteiger partial charge in [0.1, 0.15) is 0 Å². The number of carbonyl (C=O) groups excluding carboxylic acids is 1. The van der Waals surface area contributed by atoms with Crippen LogP contribution < -0.4 is 10.1 Å². The summed E-state index contributed by atoms with van der Waals surface area (Å²) in [6, 6.07) is 4.91. The molecule has 0 radical (unpaired) electrons. The summed E-state index contributed by atoms with van der Waals surface area (Å²) in [5.41, 5.74) is 0.660. The number of amides is 1. The molecule has 114 valence electrons. The second-order valence-electron chi connectivity index (χ2n) is 5.48. The van der Waals surface area contributed by atoms with Crippen LogP contribution in [0.4, 0.5) is 5.69 Å². The zero-order valence-corrected chi connectivity index (χ0v) is 12.3. The van der Waals surface area contributed by atoms with Crippen molar-refractivity contribution < 1.29 is 14.5 Å². The summed E-state index contributed by atoms with van der Waals surface area (Å²) in [6.45, 7) is 3.38. The van der Waals surface area contributed by atoms with E-state index in [0.29, 0.717) is 0 Å². The zero-order valence-electron chi connectivity index (χ0n) is 12.3. The number of nitrogens with zero attached hydrogens (tertiary/aromatic N) is 1. The van der Waals surface area contributed by atoms with Crippen LogP contribution in [0.3, 0.4) is 0 Å². The van der Waals surface area contributed by atoms with Crippen molar-refractivity contribution in [3.8, 4) is 5.75 Å². The lowest BCUT2D eigenvalue weighted by Crippen LogP contribution is -2.41. The average molecular weight is 292 g/mol. The molecule has 2 rings (SSSR count). The summed E-state index contributed by atoms with van der Waals surface area (Å²) < 4.78 is 5.48. The van der Waals surface area contributed by atoms with Gasteiger partial charge in [0, 0.05) is 12.1 Å². The quantitative estimate of drug-likeness (QED) is 0.668. The monoisotopic (exact) mass is 292 g/mol. The van der Waals surface area contributed by atoms with E-state index in [1.165, 1.54) is 12.1 Å². The molecular weight excluding hydrogens is 272 g/mol. The van der Waals surface area contributed by atoms with E-state index in [4.69, 9.17) is 4.74 Å². The van der Waals surface area contributed by atoms with Crippen LogP contribution in [0, 0.1) is 17.0 Å². The first-order chi connectivity index (χ1) is 9.97. The van der Waals surface area contributed by atoms with Gasteiger partial charge in [0.15, 0.2) is 11.9 Å². The van der Waals surface area contributed by atoms with E-state index in [1.807, 2.05) is 0 Å². The van der Waals surface area contributed by atoms with Gasteiger partial charge < -0.3 is 10.1 Å². The maximum atomic E-state index is 12.0. The highest BCUT2D eigenvalue weighted by Gasteiger charge is 2.24. The highest BCUT2D eigenvalue weighted by atomic mass is 16.6. The Morgan fingerprint density at radius 3 is 2.71 bits per heavy atom. The molecule has 0 bridgehead atoms. The predicted octanol–water partition coefficient (Wildman–Crippen LogP) is 2.73. The van der Waals surface area contributed by atoms with Crippen LogP contribution in [-0.4, -0.2) is 23.0 Å². The van der Waals surface area contributed by atoms with Gasteiger partial charge in [-0.2, -0.15) is 0 Å². The third-order valence-electron chi connectivity index (χ3n) is 3.69.